The number of amides is 1. The van der Waals surface area contributed by atoms with Crippen molar-refractivity contribution in [3.8, 4) is 0 Å². The Balaban J connectivity index is 2.29. The molecule has 1 aromatic rings. The Bertz CT molecular complexity index is 294. The van der Waals surface area contributed by atoms with E-state index in [0.717, 1.165) is 18.6 Å². The van der Waals surface area contributed by atoms with Gasteiger partial charge in [0.2, 0.25) is 0 Å². The van der Waals surface area contributed by atoms with Crippen molar-refractivity contribution < 1.29 is 9.21 Å². The van der Waals surface area contributed by atoms with Crippen LogP contribution in [0.3, 0.4) is 0 Å². The first-order valence-corrected chi connectivity index (χ1v) is 4.78. The molecule has 0 aliphatic heterocycles. The highest BCUT2D eigenvalue weighted by molar-refractivity contribution is 5.91. The number of hydrogen-bond acceptors (Lipinski definition) is 3. The Morgan fingerprint density at radius 3 is 2.86 bits per heavy atom. The highest BCUT2D eigenvalue weighted by Gasteiger charge is 2.07. The average Bonchev–Trinajstić information content (AvgIpc) is 2.59. The summed E-state index contributed by atoms with van der Waals surface area (Å²) in [6.45, 7) is 3.12. The molecule has 0 atom stereocenters. The van der Waals surface area contributed by atoms with Crippen molar-refractivity contribution >= 4 is 5.91 Å². The second-order valence-electron chi connectivity index (χ2n) is 3.16. The molecule has 78 valence electrons. The van der Waals surface area contributed by atoms with Gasteiger partial charge in [0.15, 0.2) is 5.76 Å². The van der Waals surface area contributed by atoms with Crippen molar-refractivity contribution in [2.24, 2.45) is 5.73 Å². The minimum atomic E-state index is -0.157. The van der Waals surface area contributed by atoms with Crippen LogP contribution in [0.4, 0.5) is 0 Å². The van der Waals surface area contributed by atoms with Crippen LogP contribution >= 0.6 is 0 Å². The summed E-state index contributed by atoms with van der Waals surface area (Å²) in [5, 5.41) is 2.76. The molecule has 1 heterocycles. The standard InChI is InChI=1S/C10H16N2O2/c1-8-4-5-9(14-8)10(13)12-7-3-2-6-11/h4-5H,2-3,6-7,11H2,1H3,(H,12,13). The molecule has 3 N–H and O–H groups in total. The molecule has 0 saturated carbocycles. The fourth-order valence-electron chi connectivity index (χ4n) is 1.11. The van der Waals surface area contributed by atoms with E-state index in [1.54, 1.807) is 12.1 Å². The molecule has 0 spiro atoms. The van der Waals surface area contributed by atoms with Crippen LogP contribution in [-0.4, -0.2) is 19.0 Å². The summed E-state index contributed by atoms with van der Waals surface area (Å²) < 4.78 is 5.17. The highest BCUT2D eigenvalue weighted by Crippen LogP contribution is 2.05. The van der Waals surface area contributed by atoms with E-state index in [1.807, 2.05) is 6.92 Å². The van der Waals surface area contributed by atoms with Crippen LogP contribution in [0.25, 0.3) is 0 Å². The summed E-state index contributed by atoms with van der Waals surface area (Å²) >= 11 is 0. The van der Waals surface area contributed by atoms with Gasteiger partial charge in [-0.15, -0.1) is 0 Å². The highest BCUT2D eigenvalue weighted by atomic mass is 16.3. The van der Waals surface area contributed by atoms with Crippen molar-refractivity contribution in [2.45, 2.75) is 19.8 Å². The summed E-state index contributed by atoms with van der Waals surface area (Å²) in [7, 11) is 0. The third-order valence-corrected chi connectivity index (χ3v) is 1.88. The molecule has 0 saturated heterocycles. The molecule has 0 radical (unpaired) electrons. The number of carbonyl (C=O) groups excluding carboxylic acids is 1. The van der Waals surface area contributed by atoms with Gasteiger partial charge >= 0.3 is 0 Å². The smallest absolute Gasteiger partial charge is 0.286 e. The maximum Gasteiger partial charge on any atom is 0.286 e. The molecule has 1 amide bonds. The maximum absolute atomic E-state index is 11.4. The van der Waals surface area contributed by atoms with Gasteiger partial charge in [-0.1, -0.05) is 0 Å². The maximum atomic E-state index is 11.4. The molecule has 0 bridgehead atoms. The largest absolute Gasteiger partial charge is 0.456 e. The van der Waals surface area contributed by atoms with Crippen LogP contribution < -0.4 is 11.1 Å². The first-order valence-electron chi connectivity index (χ1n) is 4.78. The SMILES string of the molecule is Cc1ccc(C(=O)NCCCCN)o1. The second-order valence-corrected chi connectivity index (χ2v) is 3.16. The van der Waals surface area contributed by atoms with Gasteiger partial charge in [0.25, 0.3) is 5.91 Å². The van der Waals surface area contributed by atoms with Gasteiger partial charge in [-0.25, -0.2) is 0 Å². The lowest BCUT2D eigenvalue weighted by atomic mass is 10.3. The minimum Gasteiger partial charge on any atom is -0.456 e. The van der Waals surface area contributed by atoms with Crippen LogP contribution in [0.5, 0.6) is 0 Å². The number of hydrogen-bond donors (Lipinski definition) is 2. The zero-order valence-electron chi connectivity index (χ0n) is 8.38. The summed E-state index contributed by atoms with van der Waals surface area (Å²) in [5.74, 6) is 0.961. The molecule has 1 rings (SSSR count). The molecule has 4 nitrogen and oxygen atoms in total. The molecule has 1 aromatic heterocycles. The Labute approximate surface area is 83.5 Å². The van der Waals surface area contributed by atoms with E-state index in [4.69, 9.17) is 10.2 Å². The molecule has 0 fully saturated rings. The lowest BCUT2D eigenvalue weighted by Crippen LogP contribution is -2.24. The molecule has 0 aromatic carbocycles. The van der Waals surface area contributed by atoms with Gasteiger partial charge in [-0.05, 0) is 38.4 Å². The lowest BCUT2D eigenvalue weighted by molar-refractivity contribution is 0.0924. The fourth-order valence-corrected chi connectivity index (χ4v) is 1.11. The normalized spacial score (nSPS) is 10.1. The zero-order chi connectivity index (χ0) is 10.4. The summed E-state index contributed by atoms with van der Waals surface area (Å²) in [6, 6.07) is 3.45. The van der Waals surface area contributed by atoms with Crippen molar-refractivity contribution in [1.82, 2.24) is 5.32 Å². The topological polar surface area (TPSA) is 68.3 Å². The number of aryl methyl sites for hydroxylation is 1. The van der Waals surface area contributed by atoms with E-state index < -0.39 is 0 Å². The Morgan fingerprint density at radius 2 is 2.29 bits per heavy atom. The average molecular weight is 196 g/mol. The second kappa shape index (κ2) is 5.44. The van der Waals surface area contributed by atoms with Gasteiger partial charge < -0.3 is 15.5 Å². The van der Waals surface area contributed by atoms with E-state index in [1.165, 1.54) is 0 Å². The van der Waals surface area contributed by atoms with Gasteiger partial charge in [0.05, 0.1) is 0 Å². The number of unbranched alkanes of at least 4 members (excludes halogenated alkanes) is 1. The zero-order valence-corrected chi connectivity index (χ0v) is 8.38. The summed E-state index contributed by atoms with van der Waals surface area (Å²) in [5.41, 5.74) is 5.33. The van der Waals surface area contributed by atoms with Crippen LogP contribution in [0.1, 0.15) is 29.2 Å². The van der Waals surface area contributed by atoms with E-state index in [2.05, 4.69) is 5.32 Å². The van der Waals surface area contributed by atoms with Crippen LogP contribution in [-0.2, 0) is 0 Å². The van der Waals surface area contributed by atoms with Crippen molar-refractivity contribution in [3.63, 3.8) is 0 Å². The number of carbonyl (C=O) groups is 1. The Morgan fingerprint density at radius 1 is 1.50 bits per heavy atom. The first-order chi connectivity index (χ1) is 6.74. The molecule has 4 heteroatoms. The molecule has 0 unspecified atom stereocenters. The minimum absolute atomic E-state index is 0.157. The molecular weight excluding hydrogens is 180 g/mol. The van der Waals surface area contributed by atoms with E-state index in [9.17, 15) is 4.79 Å². The molecule has 14 heavy (non-hydrogen) atoms. The van der Waals surface area contributed by atoms with Gasteiger partial charge in [0.1, 0.15) is 5.76 Å². The van der Waals surface area contributed by atoms with Crippen molar-refractivity contribution in [1.29, 1.82) is 0 Å². The number of nitrogens with one attached hydrogen (secondary N) is 1. The van der Waals surface area contributed by atoms with Crippen molar-refractivity contribution in [2.75, 3.05) is 13.1 Å². The summed E-state index contributed by atoms with van der Waals surface area (Å²) in [6.07, 6.45) is 1.83. The predicted molar refractivity (Wildman–Crippen MR) is 54.1 cm³/mol. The first kappa shape index (κ1) is 10.8. The van der Waals surface area contributed by atoms with Gasteiger partial charge in [-0.3, -0.25) is 4.79 Å². The van der Waals surface area contributed by atoms with Crippen LogP contribution in [0.2, 0.25) is 0 Å². The predicted octanol–water partition coefficient (Wildman–Crippen LogP) is 1.06. The summed E-state index contributed by atoms with van der Waals surface area (Å²) in [4.78, 5) is 11.4. The fraction of sp³-hybridized carbons (Fsp3) is 0.500. The quantitative estimate of drug-likeness (QED) is 0.692. The molecule has 0 aliphatic carbocycles. The number of rotatable bonds is 5. The van der Waals surface area contributed by atoms with Gasteiger partial charge in [-0.2, -0.15) is 0 Å². The van der Waals surface area contributed by atoms with Crippen LogP contribution in [0.15, 0.2) is 16.5 Å². The molecule has 0 aliphatic rings. The Kier molecular flexibility index (Phi) is 4.19. The van der Waals surface area contributed by atoms with E-state index in [-0.39, 0.29) is 5.91 Å². The third kappa shape index (κ3) is 3.22. The number of nitrogens with two attached hydrogens (primary N) is 1. The van der Waals surface area contributed by atoms with E-state index in [0.29, 0.717) is 18.8 Å². The van der Waals surface area contributed by atoms with Crippen molar-refractivity contribution in [3.05, 3.63) is 23.7 Å². The monoisotopic (exact) mass is 196 g/mol. The molecular formula is C10H16N2O2. The third-order valence-electron chi connectivity index (χ3n) is 1.88. The number of furan rings is 1. The Hall–Kier alpha value is -1.29. The van der Waals surface area contributed by atoms with E-state index >= 15 is 0 Å². The lowest BCUT2D eigenvalue weighted by Gasteiger charge is -2.01. The van der Waals surface area contributed by atoms with Crippen LogP contribution in [0, 0.1) is 6.92 Å². The van der Waals surface area contributed by atoms with Gasteiger partial charge in [0, 0.05) is 6.54 Å².